The number of nitrogens with zero attached hydrogens (tertiary/aromatic N) is 2. The van der Waals surface area contributed by atoms with Crippen LogP contribution >= 0.6 is 43.4 Å². The Morgan fingerprint density at radius 2 is 2.00 bits per heavy atom. The monoisotopic (exact) mass is 453 g/mol. The van der Waals surface area contributed by atoms with Gasteiger partial charge in [-0.15, -0.1) is 0 Å². The Balaban J connectivity index is 1.49. The number of halogens is 2. The maximum atomic E-state index is 4.51. The Bertz CT molecular complexity index is 817. The highest BCUT2D eigenvalue weighted by atomic mass is 79.9. The fourth-order valence-electron chi connectivity index (χ4n) is 2.49. The maximum absolute atomic E-state index is 4.51. The van der Waals surface area contributed by atoms with Crippen molar-refractivity contribution in [3.63, 3.8) is 0 Å². The minimum atomic E-state index is 0.935. The highest BCUT2D eigenvalue weighted by Crippen LogP contribution is 2.29. The third-order valence-electron chi connectivity index (χ3n) is 3.72. The zero-order chi connectivity index (χ0) is 16.2. The lowest BCUT2D eigenvalue weighted by Crippen LogP contribution is -2.03. The van der Waals surface area contributed by atoms with Gasteiger partial charge >= 0.3 is 0 Å². The number of aryl methyl sites for hydroxylation is 2. The van der Waals surface area contributed by atoms with Crippen molar-refractivity contribution in [2.75, 3.05) is 11.9 Å². The summed E-state index contributed by atoms with van der Waals surface area (Å²) in [5.74, 6) is 0.996. The van der Waals surface area contributed by atoms with E-state index in [1.165, 1.54) is 32.9 Å². The molecule has 0 aliphatic heterocycles. The first-order valence-electron chi connectivity index (χ1n) is 7.53. The van der Waals surface area contributed by atoms with Crippen LogP contribution in [-0.2, 0) is 6.42 Å². The summed E-state index contributed by atoms with van der Waals surface area (Å²) in [6, 6.07) is 8.41. The fraction of sp³-hybridized carbons (Fsp3) is 0.294. The van der Waals surface area contributed by atoms with Gasteiger partial charge in [0.2, 0.25) is 0 Å². The molecule has 1 N–H and O–H groups in total. The smallest absolute Gasteiger partial charge is 0.147 e. The summed E-state index contributed by atoms with van der Waals surface area (Å²) in [5.41, 5.74) is 2.44. The molecule has 2 aromatic heterocycles. The first kappa shape index (κ1) is 16.9. The minimum Gasteiger partial charge on any atom is -0.369 e. The van der Waals surface area contributed by atoms with Crippen LogP contribution in [0.5, 0.6) is 0 Å². The quantitative estimate of drug-likeness (QED) is 0.467. The van der Waals surface area contributed by atoms with Crippen molar-refractivity contribution in [3.05, 3.63) is 50.7 Å². The number of fused-ring (bicyclic) bond motifs is 1. The Morgan fingerprint density at radius 1 is 1.13 bits per heavy atom. The number of aromatic nitrogens is 2. The van der Waals surface area contributed by atoms with Crippen molar-refractivity contribution >= 4 is 59.3 Å². The molecule has 2 heterocycles. The SMILES string of the molecule is Cc1cc(Br)cnc1CCCCNc1nsc2cc(Br)ccc12. The molecule has 0 spiro atoms. The van der Waals surface area contributed by atoms with Crippen LogP contribution in [-0.4, -0.2) is 15.9 Å². The minimum absolute atomic E-state index is 0.935. The van der Waals surface area contributed by atoms with Gasteiger partial charge in [0, 0.05) is 32.8 Å². The lowest BCUT2D eigenvalue weighted by Gasteiger charge is -2.06. The zero-order valence-corrected chi connectivity index (χ0v) is 16.8. The molecule has 23 heavy (non-hydrogen) atoms. The van der Waals surface area contributed by atoms with E-state index in [-0.39, 0.29) is 0 Å². The van der Waals surface area contributed by atoms with Crippen LogP contribution in [0, 0.1) is 6.92 Å². The van der Waals surface area contributed by atoms with Gasteiger partial charge in [-0.2, -0.15) is 4.37 Å². The first-order chi connectivity index (χ1) is 11.1. The predicted octanol–water partition coefficient (Wildman–Crippen LogP) is 5.96. The molecular formula is C17H17Br2N3S. The average Bonchev–Trinajstić information content (AvgIpc) is 2.91. The van der Waals surface area contributed by atoms with Gasteiger partial charge < -0.3 is 5.32 Å². The number of benzene rings is 1. The van der Waals surface area contributed by atoms with Gasteiger partial charge in [-0.25, -0.2) is 0 Å². The molecule has 3 nitrogen and oxygen atoms in total. The van der Waals surface area contributed by atoms with E-state index in [1.54, 1.807) is 0 Å². The Kier molecular flexibility index (Phi) is 5.67. The molecule has 3 rings (SSSR count). The van der Waals surface area contributed by atoms with Gasteiger partial charge in [0.15, 0.2) is 0 Å². The van der Waals surface area contributed by atoms with E-state index in [1.807, 2.05) is 6.20 Å². The molecule has 0 aliphatic rings. The first-order valence-corrected chi connectivity index (χ1v) is 9.89. The van der Waals surface area contributed by atoms with E-state index in [9.17, 15) is 0 Å². The molecule has 3 aromatic rings. The summed E-state index contributed by atoms with van der Waals surface area (Å²) in [5, 5.41) is 4.65. The van der Waals surface area contributed by atoms with Crippen molar-refractivity contribution in [1.29, 1.82) is 0 Å². The number of nitrogens with one attached hydrogen (secondary N) is 1. The van der Waals surface area contributed by atoms with Crippen LogP contribution in [0.15, 0.2) is 39.4 Å². The largest absolute Gasteiger partial charge is 0.369 e. The van der Waals surface area contributed by atoms with E-state index < -0.39 is 0 Å². The van der Waals surface area contributed by atoms with Crippen LogP contribution in [0.4, 0.5) is 5.82 Å². The topological polar surface area (TPSA) is 37.8 Å². The highest BCUT2D eigenvalue weighted by Gasteiger charge is 2.06. The molecule has 0 radical (unpaired) electrons. The average molecular weight is 455 g/mol. The second-order valence-corrected chi connectivity index (χ2v) is 8.11. The Labute approximate surface area is 157 Å². The molecule has 0 bridgehead atoms. The van der Waals surface area contributed by atoms with Crippen LogP contribution in [0.1, 0.15) is 24.1 Å². The van der Waals surface area contributed by atoms with Crippen LogP contribution in [0.25, 0.3) is 10.1 Å². The molecule has 120 valence electrons. The Hall–Kier alpha value is -0.980. The van der Waals surface area contributed by atoms with Gasteiger partial charge in [0.05, 0.1) is 4.70 Å². The van der Waals surface area contributed by atoms with Gasteiger partial charge in [-0.1, -0.05) is 15.9 Å². The molecule has 0 saturated carbocycles. The summed E-state index contributed by atoms with van der Waals surface area (Å²) in [6.45, 7) is 3.05. The lowest BCUT2D eigenvalue weighted by molar-refractivity contribution is 0.744. The van der Waals surface area contributed by atoms with Crippen molar-refractivity contribution in [1.82, 2.24) is 9.36 Å². The molecule has 0 atom stereocenters. The van der Waals surface area contributed by atoms with Crippen LogP contribution in [0.3, 0.4) is 0 Å². The van der Waals surface area contributed by atoms with Gasteiger partial charge in [-0.3, -0.25) is 4.98 Å². The Morgan fingerprint density at radius 3 is 2.83 bits per heavy atom. The lowest BCUT2D eigenvalue weighted by atomic mass is 10.1. The number of rotatable bonds is 6. The summed E-state index contributed by atoms with van der Waals surface area (Å²) in [7, 11) is 0. The summed E-state index contributed by atoms with van der Waals surface area (Å²) >= 11 is 8.49. The van der Waals surface area contributed by atoms with E-state index in [0.717, 1.165) is 40.6 Å². The second kappa shape index (κ2) is 7.73. The number of hydrogen-bond acceptors (Lipinski definition) is 4. The normalized spacial score (nSPS) is 11.1. The van der Waals surface area contributed by atoms with Crippen molar-refractivity contribution in [2.45, 2.75) is 26.2 Å². The molecule has 6 heteroatoms. The van der Waals surface area contributed by atoms with E-state index >= 15 is 0 Å². The van der Waals surface area contributed by atoms with Crippen LogP contribution in [0.2, 0.25) is 0 Å². The van der Waals surface area contributed by atoms with Gasteiger partial charge in [-0.05, 0) is 83.5 Å². The van der Waals surface area contributed by atoms with E-state index in [4.69, 9.17) is 0 Å². The third-order valence-corrected chi connectivity index (χ3v) is 5.46. The zero-order valence-electron chi connectivity index (χ0n) is 12.8. The number of pyridine rings is 1. The predicted molar refractivity (Wildman–Crippen MR) is 105 cm³/mol. The summed E-state index contributed by atoms with van der Waals surface area (Å²) < 4.78 is 7.85. The molecule has 0 saturated heterocycles. The summed E-state index contributed by atoms with van der Waals surface area (Å²) in [6.07, 6.45) is 5.12. The van der Waals surface area contributed by atoms with E-state index in [0.29, 0.717) is 0 Å². The number of hydrogen-bond donors (Lipinski definition) is 1. The molecule has 0 aliphatic carbocycles. The molecule has 0 unspecified atom stereocenters. The van der Waals surface area contributed by atoms with Crippen molar-refractivity contribution < 1.29 is 0 Å². The maximum Gasteiger partial charge on any atom is 0.147 e. The van der Waals surface area contributed by atoms with E-state index in [2.05, 4.69) is 77.7 Å². The van der Waals surface area contributed by atoms with Crippen molar-refractivity contribution in [2.24, 2.45) is 0 Å². The number of anilines is 1. The fourth-order valence-corrected chi connectivity index (χ4v) is 4.25. The molecule has 0 fully saturated rings. The van der Waals surface area contributed by atoms with Crippen molar-refractivity contribution in [3.8, 4) is 0 Å². The molecule has 0 amide bonds. The molecular weight excluding hydrogens is 438 g/mol. The number of unbranched alkanes of at least 4 members (excludes halogenated alkanes) is 1. The van der Waals surface area contributed by atoms with Gasteiger partial charge in [0.1, 0.15) is 5.82 Å². The second-order valence-electron chi connectivity index (χ2n) is 5.47. The standard InChI is InChI=1S/C17H17Br2N3S/c1-11-8-13(19)10-21-15(11)4-2-3-7-20-17-14-6-5-12(18)9-16(14)23-22-17/h5-6,8-10H,2-4,7H2,1H3,(H,20,22). The molecule has 1 aromatic carbocycles. The van der Waals surface area contributed by atoms with Crippen LogP contribution < -0.4 is 5.32 Å². The highest BCUT2D eigenvalue weighted by molar-refractivity contribution is 9.10. The van der Waals surface area contributed by atoms with Gasteiger partial charge in [0.25, 0.3) is 0 Å². The summed E-state index contributed by atoms with van der Waals surface area (Å²) in [4.78, 5) is 4.49. The third kappa shape index (κ3) is 4.31.